The van der Waals surface area contributed by atoms with E-state index in [0.29, 0.717) is 6.04 Å². The van der Waals surface area contributed by atoms with E-state index in [-0.39, 0.29) is 0 Å². The molecule has 2 nitrogen and oxygen atoms in total. The van der Waals surface area contributed by atoms with Crippen molar-refractivity contribution in [3.05, 3.63) is 35.4 Å². The molecule has 0 amide bonds. The summed E-state index contributed by atoms with van der Waals surface area (Å²) in [4.78, 5) is 2.60. The maximum atomic E-state index is 6.05. The average Bonchev–Trinajstić information content (AvgIpc) is 2.42. The summed E-state index contributed by atoms with van der Waals surface area (Å²) in [5, 5.41) is 0. The zero-order chi connectivity index (χ0) is 13.5. The molecule has 1 saturated heterocycles. The Hall–Kier alpha value is -0.860. The third-order valence-electron chi connectivity index (χ3n) is 4.33. The molecule has 2 heteroatoms. The van der Waals surface area contributed by atoms with E-state index < -0.39 is 0 Å². The fourth-order valence-corrected chi connectivity index (χ4v) is 3.06. The minimum Gasteiger partial charge on any atom is -0.329 e. The van der Waals surface area contributed by atoms with Gasteiger partial charge in [0.2, 0.25) is 0 Å². The molecule has 1 fully saturated rings. The molecule has 1 aromatic carbocycles. The number of rotatable bonds is 4. The van der Waals surface area contributed by atoms with E-state index >= 15 is 0 Å². The highest BCUT2D eigenvalue weighted by atomic mass is 15.2. The Morgan fingerprint density at radius 1 is 1.00 bits per heavy atom. The molecule has 0 radical (unpaired) electrons. The fourth-order valence-electron chi connectivity index (χ4n) is 3.06. The van der Waals surface area contributed by atoms with Crippen molar-refractivity contribution in [1.82, 2.24) is 4.90 Å². The first kappa shape index (κ1) is 14.5. The molecule has 0 aromatic heterocycles. The lowest BCUT2D eigenvalue weighted by atomic mass is 10.00. The van der Waals surface area contributed by atoms with Crippen LogP contribution in [0.5, 0.6) is 0 Å². The van der Waals surface area contributed by atoms with Crippen molar-refractivity contribution < 1.29 is 0 Å². The molecule has 0 spiro atoms. The van der Waals surface area contributed by atoms with Gasteiger partial charge in [0, 0.05) is 12.6 Å². The van der Waals surface area contributed by atoms with Gasteiger partial charge in [0.15, 0.2) is 0 Å². The predicted octanol–water partition coefficient (Wildman–Crippen LogP) is 3.51. The zero-order valence-electron chi connectivity index (χ0n) is 12.3. The lowest BCUT2D eigenvalue weighted by Crippen LogP contribution is -2.36. The van der Waals surface area contributed by atoms with Gasteiger partial charge < -0.3 is 5.73 Å². The number of nitrogens with zero attached hydrogens (tertiary/aromatic N) is 1. The molecular formula is C17H28N2. The standard InChI is InChI=1S/C17H28N2/c1-2-15-8-10-16(11-9-15)17(14-18)19-12-6-4-3-5-7-13-19/h8-11,17H,2-7,12-14,18H2,1H3. The normalized spacial score (nSPS) is 19.7. The maximum absolute atomic E-state index is 6.05. The Kier molecular flexibility index (Phi) is 5.87. The molecule has 2 rings (SSSR count). The molecule has 1 heterocycles. The summed E-state index contributed by atoms with van der Waals surface area (Å²) < 4.78 is 0. The highest BCUT2D eigenvalue weighted by molar-refractivity contribution is 5.25. The molecule has 19 heavy (non-hydrogen) atoms. The number of aryl methyl sites for hydroxylation is 1. The van der Waals surface area contributed by atoms with Gasteiger partial charge in [-0.3, -0.25) is 4.90 Å². The van der Waals surface area contributed by atoms with Crippen LogP contribution in [0.4, 0.5) is 0 Å². The fraction of sp³-hybridized carbons (Fsp3) is 0.647. The number of hydrogen-bond acceptors (Lipinski definition) is 2. The van der Waals surface area contributed by atoms with Crippen molar-refractivity contribution in [3.8, 4) is 0 Å². The van der Waals surface area contributed by atoms with Crippen LogP contribution in [0, 0.1) is 0 Å². The second-order valence-corrected chi connectivity index (χ2v) is 5.65. The van der Waals surface area contributed by atoms with Gasteiger partial charge in [-0.05, 0) is 43.5 Å². The predicted molar refractivity (Wildman–Crippen MR) is 82.3 cm³/mol. The van der Waals surface area contributed by atoms with Crippen LogP contribution in [0.1, 0.15) is 56.2 Å². The molecule has 1 atom stereocenters. The third kappa shape index (κ3) is 4.05. The molecule has 1 aromatic rings. The summed E-state index contributed by atoms with van der Waals surface area (Å²) in [6.45, 7) is 5.34. The number of benzene rings is 1. The monoisotopic (exact) mass is 260 g/mol. The van der Waals surface area contributed by atoms with Crippen LogP contribution >= 0.6 is 0 Å². The van der Waals surface area contributed by atoms with Gasteiger partial charge in [-0.15, -0.1) is 0 Å². The van der Waals surface area contributed by atoms with Gasteiger partial charge >= 0.3 is 0 Å². The van der Waals surface area contributed by atoms with Gasteiger partial charge in [-0.2, -0.15) is 0 Å². The second-order valence-electron chi connectivity index (χ2n) is 5.65. The quantitative estimate of drug-likeness (QED) is 0.897. The van der Waals surface area contributed by atoms with E-state index in [4.69, 9.17) is 5.73 Å². The molecule has 0 saturated carbocycles. The van der Waals surface area contributed by atoms with Crippen LogP contribution in [-0.2, 0) is 6.42 Å². The smallest absolute Gasteiger partial charge is 0.0470 e. The van der Waals surface area contributed by atoms with E-state index in [1.165, 1.54) is 56.3 Å². The first-order valence-electron chi connectivity index (χ1n) is 7.88. The summed E-state index contributed by atoms with van der Waals surface area (Å²) in [5.74, 6) is 0. The molecular weight excluding hydrogens is 232 g/mol. The van der Waals surface area contributed by atoms with Crippen LogP contribution in [0.25, 0.3) is 0 Å². The minimum atomic E-state index is 0.406. The van der Waals surface area contributed by atoms with Gasteiger partial charge in [-0.25, -0.2) is 0 Å². The van der Waals surface area contributed by atoms with Crippen LogP contribution in [0.3, 0.4) is 0 Å². The van der Waals surface area contributed by atoms with E-state index in [2.05, 4.69) is 36.1 Å². The van der Waals surface area contributed by atoms with Crippen LogP contribution in [0.2, 0.25) is 0 Å². The molecule has 2 N–H and O–H groups in total. The highest BCUT2D eigenvalue weighted by Gasteiger charge is 2.19. The Morgan fingerprint density at radius 3 is 2.11 bits per heavy atom. The van der Waals surface area contributed by atoms with E-state index in [1.807, 2.05) is 0 Å². The van der Waals surface area contributed by atoms with Gasteiger partial charge in [0.25, 0.3) is 0 Å². The molecule has 106 valence electrons. The SMILES string of the molecule is CCc1ccc(C(CN)N2CCCCCCC2)cc1. The topological polar surface area (TPSA) is 29.3 Å². The van der Waals surface area contributed by atoms with Crippen LogP contribution < -0.4 is 5.73 Å². The third-order valence-corrected chi connectivity index (χ3v) is 4.33. The van der Waals surface area contributed by atoms with Crippen LogP contribution in [0.15, 0.2) is 24.3 Å². The minimum absolute atomic E-state index is 0.406. The second kappa shape index (κ2) is 7.66. The van der Waals surface area contributed by atoms with Crippen molar-refractivity contribution in [2.24, 2.45) is 5.73 Å². The first-order valence-corrected chi connectivity index (χ1v) is 7.88. The number of hydrogen-bond donors (Lipinski definition) is 1. The van der Waals surface area contributed by atoms with Gasteiger partial charge in [-0.1, -0.05) is 50.5 Å². The maximum Gasteiger partial charge on any atom is 0.0470 e. The molecule has 0 aliphatic carbocycles. The van der Waals surface area contributed by atoms with E-state index in [9.17, 15) is 0 Å². The Balaban J connectivity index is 2.07. The average molecular weight is 260 g/mol. The summed E-state index contributed by atoms with van der Waals surface area (Å²) in [7, 11) is 0. The summed E-state index contributed by atoms with van der Waals surface area (Å²) in [5.41, 5.74) is 8.85. The summed E-state index contributed by atoms with van der Waals surface area (Å²) >= 11 is 0. The van der Waals surface area contributed by atoms with Crippen molar-refractivity contribution in [2.75, 3.05) is 19.6 Å². The van der Waals surface area contributed by atoms with Crippen molar-refractivity contribution in [1.29, 1.82) is 0 Å². The largest absolute Gasteiger partial charge is 0.329 e. The molecule has 0 bridgehead atoms. The van der Waals surface area contributed by atoms with E-state index in [1.54, 1.807) is 0 Å². The Labute approximate surface area is 118 Å². The van der Waals surface area contributed by atoms with Gasteiger partial charge in [0.05, 0.1) is 0 Å². The number of likely N-dealkylation sites (tertiary alicyclic amines) is 1. The lowest BCUT2D eigenvalue weighted by molar-refractivity contribution is 0.183. The summed E-state index contributed by atoms with van der Waals surface area (Å²) in [6, 6.07) is 9.46. The van der Waals surface area contributed by atoms with Crippen molar-refractivity contribution in [2.45, 2.75) is 51.5 Å². The molecule has 1 aliphatic rings. The first-order chi connectivity index (χ1) is 9.35. The summed E-state index contributed by atoms with van der Waals surface area (Å²) in [6.07, 6.45) is 7.92. The number of nitrogens with two attached hydrogens (primary N) is 1. The zero-order valence-corrected chi connectivity index (χ0v) is 12.3. The van der Waals surface area contributed by atoms with Gasteiger partial charge in [0.1, 0.15) is 0 Å². The lowest BCUT2D eigenvalue weighted by Gasteiger charge is -2.32. The van der Waals surface area contributed by atoms with Crippen molar-refractivity contribution in [3.63, 3.8) is 0 Å². The highest BCUT2D eigenvalue weighted by Crippen LogP contribution is 2.23. The molecule has 1 unspecified atom stereocenters. The Morgan fingerprint density at radius 2 is 1.58 bits per heavy atom. The van der Waals surface area contributed by atoms with Crippen molar-refractivity contribution >= 4 is 0 Å². The van der Waals surface area contributed by atoms with E-state index in [0.717, 1.165) is 13.0 Å². The molecule has 1 aliphatic heterocycles. The Bertz CT molecular complexity index is 350. The van der Waals surface area contributed by atoms with Crippen LogP contribution in [-0.4, -0.2) is 24.5 Å².